The summed E-state index contributed by atoms with van der Waals surface area (Å²) in [5, 5.41) is 3.66. The highest BCUT2D eigenvalue weighted by molar-refractivity contribution is 7.16. The minimum atomic E-state index is 0.623. The maximum atomic E-state index is 4.31. The fourth-order valence-corrected chi connectivity index (χ4v) is 3.29. The van der Waals surface area contributed by atoms with Gasteiger partial charge in [0.15, 0.2) is 0 Å². The first-order valence-corrected chi connectivity index (χ1v) is 7.55. The smallest absolute Gasteiger partial charge is 0.0813 e. The third-order valence-corrected chi connectivity index (χ3v) is 4.53. The molecule has 1 saturated heterocycles. The lowest BCUT2D eigenvalue weighted by molar-refractivity contribution is 0.229. The van der Waals surface area contributed by atoms with Gasteiger partial charge in [-0.2, -0.15) is 0 Å². The zero-order chi connectivity index (χ0) is 12.4. The topological polar surface area (TPSA) is 28.2 Å². The Bertz CT molecular complexity index is 514. The monoisotopic (exact) mass is 261 g/mol. The highest BCUT2D eigenvalue weighted by Gasteiger charge is 2.17. The molecule has 1 fully saturated rings. The minimum absolute atomic E-state index is 0.623. The Hall–Kier alpha value is -1.13. The van der Waals surface area contributed by atoms with Gasteiger partial charge in [0.25, 0.3) is 0 Å². The summed E-state index contributed by atoms with van der Waals surface area (Å²) < 4.78 is 1.27. The summed E-state index contributed by atoms with van der Waals surface area (Å²) in [6.07, 6.45) is 2.49. The Labute approximate surface area is 112 Å². The number of benzene rings is 1. The molecule has 0 spiro atoms. The summed E-state index contributed by atoms with van der Waals surface area (Å²) in [6, 6.07) is 7.10. The van der Waals surface area contributed by atoms with E-state index >= 15 is 0 Å². The first kappa shape index (κ1) is 11.9. The second kappa shape index (κ2) is 5.24. The van der Waals surface area contributed by atoms with Crippen LogP contribution in [0, 0.1) is 0 Å². The van der Waals surface area contributed by atoms with Crippen molar-refractivity contribution in [2.45, 2.75) is 25.8 Å². The summed E-state index contributed by atoms with van der Waals surface area (Å²) in [6.45, 7) is 5.86. The van der Waals surface area contributed by atoms with E-state index in [1.807, 2.05) is 5.51 Å². The quantitative estimate of drug-likeness (QED) is 0.919. The first-order chi connectivity index (χ1) is 8.85. The Morgan fingerprint density at radius 3 is 3.00 bits per heavy atom. The molecule has 0 radical (unpaired) electrons. The van der Waals surface area contributed by atoms with Crippen LogP contribution in [0.4, 0.5) is 5.69 Å². The van der Waals surface area contributed by atoms with Gasteiger partial charge in [-0.05, 0) is 37.6 Å². The van der Waals surface area contributed by atoms with Crippen LogP contribution in [0.1, 0.15) is 19.8 Å². The number of nitrogens with zero attached hydrogens (tertiary/aromatic N) is 2. The molecule has 0 aliphatic carbocycles. The Kier molecular flexibility index (Phi) is 3.48. The van der Waals surface area contributed by atoms with Crippen molar-refractivity contribution in [3.63, 3.8) is 0 Å². The maximum Gasteiger partial charge on any atom is 0.0813 e. The zero-order valence-electron chi connectivity index (χ0n) is 10.7. The molecule has 1 aliphatic heterocycles. The Morgan fingerprint density at radius 1 is 1.39 bits per heavy atom. The number of fused-ring (bicyclic) bond motifs is 1. The van der Waals surface area contributed by atoms with E-state index in [1.165, 1.54) is 42.9 Å². The summed E-state index contributed by atoms with van der Waals surface area (Å²) in [7, 11) is 0. The number of hydrogen-bond donors (Lipinski definition) is 1. The van der Waals surface area contributed by atoms with Crippen molar-refractivity contribution in [1.29, 1.82) is 0 Å². The molecule has 1 aliphatic rings. The highest BCUT2D eigenvalue weighted by atomic mass is 32.1. The lowest BCUT2D eigenvalue weighted by atomic mass is 10.0. The van der Waals surface area contributed by atoms with Gasteiger partial charge in [-0.1, -0.05) is 6.92 Å². The third-order valence-electron chi connectivity index (χ3n) is 3.74. The molecule has 2 heterocycles. The normalized spacial score (nSPS) is 18.3. The number of likely N-dealkylation sites (tertiary alicyclic amines) is 1. The Balaban J connectivity index is 1.65. The van der Waals surface area contributed by atoms with Crippen LogP contribution in [0.2, 0.25) is 0 Å². The largest absolute Gasteiger partial charge is 0.382 e. The molecule has 2 aromatic rings. The van der Waals surface area contributed by atoms with Gasteiger partial charge in [0.05, 0.1) is 15.7 Å². The van der Waals surface area contributed by atoms with E-state index in [-0.39, 0.29) is 0 Å². The van der Waals surface area contributed by atoms with Gasteiger partial charge >= 0.3 is 0 Å². The van der Waals surface area contributed by atoms with E-state index in [9.17, 15) is 0 Å². The van der Waals surface area contributed by atoms with Gasteiger partial charge < -0.3 is 10.2 Å². The lowest BCUT2D eigenvalue weighted by Gasteiger charge is -2.32. The van der Waals surface area contributed by atoms with Gasteiger partial charge in [-0.25, -0.2) is 4.98 Å². The average Bonchev–Trinajstić information content (AvgIpc) is 2.87. The van der Waals surface area contributed by atoms with E-state index in [1.54, 1.807) is 11.3 Å². The fourth-order valence-electron chi connectivity index (χ4n) is 2.57. The number of thiazole rings is 1. The second-order valence-electron chi connectivity index (χ2n) is 4.89. The molecule has 0 unspecified atom stereocenters. The number of hydrogen-bond acceptors (Lipinski definition) is 4. The van der Waals surface area contributed by atoms with Crippen molar-refractivity contribution in [3.8, 4) is 0 Å². The SMILES string of the molecule is CCN1CCC(Nc2ccc3ncsc3c2)CC1. The molecule has 1 aromatic carbocycles. The molecule has 3 nitrogen and oxygen atoms in total. The second-order valence-corrected chi connectivity index (χ2v) is 5.77. The molecule has 0 bridgehead atoms. The molecule has 0 amide bonds. The van der Waals surface area contributed by atoms with Crippen molar-refractivity contribution in [1.82, 2.24) is 9.88 Å². The van der Waals surface area contributed by atoms with Gasteiger partial charge in [0.1, 0.15) is 0 Å². The van der Waals surface area contributed by atoms with Gasteiger partial charge in [-0.3, -0.25) is 0 Å². The fraction of sp³-hybridized carbons (Fsp3) is 0.500. The van der Waals surface area contributed by atoms with Crippen LogP contribution in [0.5, 0.6) is 0 Å². The van der Waals surface area contributed by atoms with E-state index in [0.29, 0.717) is 6.04 Å². The summed E-state index contributed by atoms with van der Waals surface area (Å²) in [5.41, 5.74) is 4.25. The predicted octanol–water partition coefficient (Wildman–Crippen LogP) is 3.19. The van der Waals surface area contributed by atoms with E-state index in [0.717, 1.165) is 5.52 Å². The van der Waals surface area contributed by atoms with Gasteiger partial charge in [0, 0.05) is 24.8 Å². The molecule has 4 heteroatoms. The zero-order valence-corrected chi connectivity index (χ0v) is 11.5. The molecule has 1 N–H and O–H groups in total. The number of rotatable bonds is 3. The van der Waals surface area contributed by atoms with Crippen LogP contribution < -0.4 is 5.32 Å². The van der Waals surface area contributed by atoms with E-state index < -0.39 is 0 Å². The molecule has 1 aromatic heterocycles. The van der Waals surface area contributed by atoms with Gasteiger partial charge in [0.2, 0.25) is 0 Å². The Morgan fingerprint density at radius 2 is 2.22 bits per heavy atom. The number of nitrogens with one attached hydrogen (secondary N) is 1. The van der Waals surface area contributed by atoms with Crippen LogP contribution in [-0.4, -0.2) is 35.6 Å². The van der Waals surface area contributed by atoms with E-state index in [2.05, 4.69) is 40.3 Å². The first-order valence-electron chi connectivity index (χ1n) is 6.67. The van der Waals surface area contributed by atoms with Gasteiger partial charge in [-0.15, -0.1) is 11.3 Å². The molecular formula is C14H19N3S. The van der Waals surface area contributed by atoms with Crippen LogP contribution in [-0.2, 0) is 0 Å². The van der Waals surface area contributed by atoms with Crippen LogP contribution in [0.3, 0.4) is 0 Å². The molecule has 0 saturated carbocycles. The van der Waals surface area contributed by atoms with Crippen molar-refractivity contribution in [3.05, 3.63) is 23.7 Å². The lowest BCUT2D eigenvalue weighted by Crippen LogP contribution is -2.38. The molecular weight excluding hydrogens is 242 g/mol. The number of anilines is 1. The van der Waals surface area contributed by atoms with Crippen molar-refractivity contribution >= 4 is 27.2 Å². The maximum absolute atomic E-state index is 4.31. The molecule has 0 atom stereocenters. The molecule has 18 heavy (non-hydrogen) atoms. The van der Waals surface area contributed by atoms with Crippen LogP contribution >= 0.6 is 11.3 Å². The summed E-state index contributed by atoms with van der Waals surface area (Å²) in [4.78, 5) is 6.83. The standard InChI is InChI=1S/C14H19N3S/c1-2-17-7-5-11(6-8-17)16-12-3-4-13-14(9-12)18-10-15-13/h3-4,9-11,16H,2,5-8H2,1H3. The molecule has 3 rings (SSSR count). The van der Waals surface area contributed by atoms with Crippen molar-refractivity contribution in [2.75, 3.05) is 25.0 Å². The highest BCUT2D eigenvalue weighted by Crippen LogP contribution is 2.23. The van der Waals surface area contributed by atoms with Crippen LogP contribution in [0.15, 0.2) is 23.7 Å². The van der Waals surface area contributed by atoms with E-state index in [4.69, 9.17) is 0 Å². The minimum Gasteiger partial charge on any atom is -0.382 e. The predicted molar refractivity (Wildman–Crippen MR) is 78.4 cm³/mol. The summed E-state index contributed by atoms with van der Waals surface area (Å²) >= 11 is 1.71. The van der Waals surface area contributed by atoms with Crippen LogP contribution in [0.25, 0.3) is 10.2 Å². The van der Waals surface area contributed by atoms with Crippen molar-refractivity contribution in [2.24, 2.45) is 0 Å². The average molecular weight is 261 g/mol. The van der Waals surface area contributed by atoms with Crippen molar-refractivity contribution < 1.29 is 0 Å². The number of aromatic nitrogens is 1. The molecule has 96 valence electrons. The summed E-state index contributed by atoms with van der Waals surface area (Å²) in [5.74, 6) is 0. The third kappa shape index (κ3) is 2.49. The number of piperidine rings is 1.